The summed E-state index contributed by atoms with van der Waals surface area (Å²) < 4.78 is 0. The Bertz CT molecular complexity index is 387. The second-order valence-corrected chi connectivity index (χ2v) is 4.57. The molecule has 2 aromatic rings. The summed E-state index contributed by atoms with van der Waals surface area (Å²) in [6.45, 7) is 2.16. The Morgan fingerprint density at radius 2 is 1.86 bits per heavy atom. The van der Waals surface area contributed by atoms with Crippen molar-refractivity contribution >= 4 is 11.3 Å². The Hall–Kier alpha value is -1.08. The average Bonchev–Trinajstić information content (AvgIpc) is 2.63. The minimum atomic E-state index is 1.15. The van der Waals surface area contributed by atoms with Crippen LogP contribution in [-0.2, 0) is 12.8 Å². The molecule has 0 aliphatic heterocycles. The molecule has 0 N–H and O–H groups in total. The monoisotopic (exact) mass is 202 g/mol. The van der Waals surface area contributed by atoms with Crippen molar-refractivity contribution in [2.45, 2.75) is 19.8 Å². The Morgan fingerprint density at radius 3 is 2.50 bits per heavy atom. The third kappa shape index (κ3) is 2.46. The first-order valence-electron chi connectivity index (χ1n) is 4.92. The molecule has 0 spiro atoms. The summed E-state index contributed by atoms with van der Waals surface area (Å²) in [5.41, 5.74) is 2.82. The van der Waals surface area contributed by atoms with Gasteiger partial charge in [0.25, 0.3) is 0 Å². The quantitative estimate of drug-likeness (QED) is 0.709. The Labute approximate surface area is 89.2 Å². The fraction of sp³-hybridized carbons (Fsp3) is 0.231. The van der Waals surface area contributed by atoms with Crippen LogP contribution in [0.5, 0.6) is 0 Å². The molecule has 1 aromatic carbocycles. The van der Waals surface area contributed by atoms with E-state index < -0.39 is 0 Å². The predicted molar refractivity (Wildman–Crippen MR) is 62.9 cm³/mol. The van der Waals surface area contributed by atoms with Crippen LogP contribution in [0.2, 0.25) is 0 Å². The zero-order valence-corrected chi connectivity index (χ0v) is 9.18. The van der Waals surface area contributed by atoms with E-state index in [-0.39, 0.29) is 0 Å². The molecule has 2 rings (SSSR count). The van der Waals surface area contributed by atoms with Crippen molar-refractivity contribution in [2.75, 3.05) is 0 Å². The topological polar surface area (TPSA) is 0 Å². The zero-order valence-electron chi connectivity index (χ0n) is 8.36. The lowest BCUT2D eigenvalue weighted by Gasteiger charge is -1.98. The van der Waals surface area contributed by atoms with Gasteiger partial charge in [-0.2, -0.15) is 0 Å². The first-order valence-corrected chi connectivity index (χ1v) is 5.80. The first kappa shape index (κ1) is 9.47. The second-order valence-electron chi connectivity index (χ2n) is 3.58. The van der Waals surface area contributed by atoms with Crippen LogP contribution < -0.4 is 0 Å². The second kappa shape index (κ2) is 4.43. The number of hydrogen-bond donors (Lipinski definition) is 0. The van der Waals surface area contributed by atoms with E-state index in [2.05, 4.69) is 48.7 Å². The van der Waals surface area contributed by atoms with E-state index in [1.807, 2.05) is 11.3 Å². The molecule has 0 saturated carbocycles. The third-order valence-corrected chi connectivity index (χ3v) is 3.40. The molecule has 0 nitrogen and oxygen atoms in total. The summed E-state index contributed by atoms with van der Waals surface area (Å²) in [6.07, 6.45) is 2.32. The highest BCUT2D eigenvalue weighted by atomic mass is 32.1. The van der Waals surface area contributed by atoms with Crippen LogP contribution in [0.15, 0.2) is 41.8 Å². The van der Waals surface area contributed by atoms with Crippen LogP contribution in [0.3, 0.4) is 0 Å². The van der Waals surface area contributed by atoms with Crippen LogP contribution in [-0.4, -0.2) is 0 Å². The predicted octanol–water partition coefficient (Wildman–Crippen LogP) is 3.84. The minimum Gasteiger partial charge on any atom is -0.149 e. The molecule has 0 aliphatic carbocycles. The van der Waals surface area contributed by atoms with Gasteiger partial charge in [0.05, 0.1) is 0 Å². The Kier molecular flexibility index (Phi) is 3.00. The smallest absolute Gasteiger partial charge is 0.00512 e. The summed E-state index contributed by atoms with van der Waals surface area (Å²) in [4.78, 5) is 1.49. The lowest BCUT2D eigenvalue weighted by molar-refractivity contribution is 0.980. The molecule has 0 fully saturated rings. The molecule has 0 bridgehead atoms. The minimum absolute atomic E-state index is 1.15. The molecule has 0 unspecified atom stereocenters. The van der Waals surface area contributed by atoms with Crippen molar-refractivity contribution in [1.82, 2.24) is 0 Å². The normalized spacial score (nSPS) is 10.4. The van der Waals surface area contributed by atoms with Gasteiger partial charge in [-0.3, -0.25) is 0 Å². The van der Waals surface area contributed by atoms with Crippen LogP contribution in [0.1, 0.15) is 16.0 Å². The zero-order chi connectivity index (χ0) is 9.80. The molecule has 0 atom stereocenters. The summed E-state index contributed by atoms with van der Waals surface area (Å²) in [7, 11) is 0. The fourth-order valence-electron chi connectivity index (χ4n) is 1.53. The summed E-state index contributed by atoms with van der Waals surface area (Å²) in [5, 5.41) is 2.22. The van der Waals surface area contributed by atoms with Gasteiger partial charge in [-0.25, -0.2) is 0 Å². The van der Waals surface area contributed by atoms with Gasteiger partial charge in [0.2, 0.25) is 0 Å². The number of benzene rings is 1. The highest BCUT2D eigenvalue weighted by Gasteiger charge is 1.97. The van der Waals surface area contributed by atoms with Gasteiger partial charge >= 0.3 is 0 Å². The van der Waals surface area contributed by atoms with E-state index in [0.29, 0.717) is 0 Å². The Morgan fingerprint density at radius 1 is 1.07 bits per heavy atom. The molecule has 0 aliphatic rings. The molecular weight excluding hydrogens is 188 g/mol. The van der Waals surface area contributed by atoms with Crippen LogP contribution in [0.4, 0.5) is 0 Å². The molecule has 0 saturated heterocycles. The fourth-order valence-corrected chi connectivity index (χ4v) is 2.41. The number of thiophene rings is 1. The largest absolute Gasteiger partial charge is 0.149 e. The van der Waals surface area contributed by atoms with Gasteiger partial charge < -0.3 is 0 Å². The van der Waals surface area contributed by atoms with Gasteiger partial charge in [-0.05, 0) is 42.3 Å². The molecule has 72 valence electrons. The van der Waals surface area contributed by atoms with Gasteiger partial charge in [0.1, 0.15) is 0 Å². The van der Waals surface area contributed by atoms with Crippen molar-refractivity contribution in [2.24, 2.45) is 0 Å². The number of rotatable bonds is 3. The van der Waals surface area contributed by atoms with Crippen molar-refractivity contribution < 1.29 is 0 Å². The van der Waals surface area contributed by atoms with E-state index in [9.17, 15) is 0 Å². The van der Waals surface area contributed by atoms with Crippen molar-refractivity contribution in [3.8, 4) is 0 Å². The summed E-state index contributed by atoms with van der Waals surface area (Å²) in [5.74, 6) is 0. The van der Waals surface area contributed by atoms with Crippen LogP contribution in [0.25, 0.3) is 0 Å². The molecule has 0 amide bonds. The highest BCUT2D eigenvalue weighted by Crippen LogP contribution is 2.16. The molecule has 14 heavy (non-hydrogen) atoms. The van der Waals surface area contributed by atoms with E-state index in [1.54, 1.807) is 0 Å². The summed E-state index contributed by atoms with van der Waals surface area (Å²) in [6, 6.07) is 13.0. The van der Waals surface area contributed by atoms with Gasteiger partial charge in [0.15, 0.2) is 0 Å². The van der Waals surface area contributed by atoms with Gasteiger partial charge in [-0.1, -0.05) is 30.3 Å². The van der Waals surface area contributed by atoms with E-state index >= 15 is 0 Å². The first-order chi connectivity index (χ1) is 6.84. The SMILES string of the molecule is Cc1csc(CCc2ccccc2)c1. The van der Waals surface area contributed by atoms with E-state index in [1.165, 1.54) is 22.4 Å². The van der Waals surface area contributed by atoms with Crippen LogP contribution in [0, 0.1) is 6.92 Å². The molecule has 1 aromatic heterocycles. The summed E-state index contributed by atoms with van der Waals surface area (Å²) >= 11 is 1.87. The maximum atomic E-state index is 2.29. The lowest BCUT2D eigenvalue weighted by atomic mass is 10.1. The third-order valence-electron chi connectivity index (χ3n) is 2.29. The van der Waals surface area contributed by atoms with Gasteiger partial charge in [-0.15, -0.1) is 11.3 Å². The maximum Gasteiger partial charge on any atom is 0.00512 e. The molecule has 1 heterocycles. The van der Waals surface area contributed by atoms with E-state index in [0.717, 1.165) is 6.42 Å². The van der Waals surface area contributed by atoms with Gasteiger partial charge in [0, 0.05) is 4.88 Å². The highest BCUT2D eigenvalue weighted by molar-refractivity contribution is 7.10. The van der Waals surface area contributed by atoms with Crippen molar-refractivity contribution in [3.05, 3.63) is 57.8 Å². The molecule has 1 heteroatoms. The molecular formula is C13H14S. The van der Waals surface area contributed by atoms with E-state index in [4.69, 9.17) is 0 Å². The average molecular weight is 202 g/mol. The lowest BCUT2D eigenvalue weighted by Crippen LogP contribution is -1.87. The Balaban J connectivity index is 1.95. The standard InChI is InChI=1S/C13H14S/c1-11-9-13(14-10-11)8-7-12-5-3-2-4-6-12/h2-6,9-10H,7-8H2,1H3. The van der Waals surface area contributed by atoms with Crippen LogP contribution >= 0.6 is 11.3 Å². The van der Waals surface area contributed by atoms with Crippen molar-refractivity contribution in [1.29, 1.82) is 0 Å². The number of hydrogen-bond acceptors (Lipinski definition) is 1. The maximum absolute atomic E-state index is 2.29. The number of aryl methyl sites for hydroxylation is 3. The molecule has 0 radical (unpaired) electrons. The van der Waals surface area contributed by atoms with Crippen molar-refractivity contribution in [3.63, 3.8) is 0 Å².